The van der Waals surface area contributed by atoms with E-state index >= 15 is 0 Å². The maximum atomic E-state index is 13.0. The summed E-state index contributed by atoms with van der Waals surface area (Å²) in [5.41, 5.74) is 2.00. The molecular weight excluding hydrogens is 452 g/mol. The number of carbonyl (C=O) groups excluding carboxylic acids is 1. The third-order valence-corrected chi connectivity index (χ3v) is 9.55. The first kappa shape index (κ1) is 22.3. The standard InChI is InChI=1S/C21H26N4O3S3/c1-4-25-18-8-6-5-7-17(18)22-21(25)29-14-20(26)23-9-11-24(12-10-23)31(27,28)19-13-15(2)30-16(19)3/h5-8,13H,4,9-12,14H2,1-3H3. The Balaban J connectivity index is 1.37. The molecular formula is C21H26N4O3S3. The van der Waals surface area contributed by atoms with Crippen molar-refractivity contribution in [1.82, 2.24) is 18.8 Å². The number of thiophene rings is 1. The van der Waals surface area contributed by atoms with Crippen LogP contribution in [0.15, 0.2) is 40.4 Å². The Bertz CT molecular complexity index is 1210. The molecule has 1 fully saturated rings. The van der Waals surface area contributed by atoms with Crippen LogP contribution in [0.25, 0.3) is 11.0 Å². The van der Waals surface area contributed by atoms with E-state index in [1.807, 2.05) is 38.1 Å². The van der Waals surface area contributed by atoms with Gasteiger partial charge >= 0.3 is 0 Å². The van der Waals surface area contributed by atoms with E-state index in [9.17, 15) is 13.2 Å². The zero-order chi connectivity index (χ0) is 22.2. The average molecular weight is 479 g/mol. The second kappa shape index (κ2) is 8.93. The summed E-state index contributed by atoms with van der Waals surface area (Å²) >= 11 is 2.93. The zero-order valence-corrected chi connectivity index (χ0v) is 20.3. The van der Waals surface area contributed by atoms with Gasteiger partial charge in [0.15, 0.2) is 5.16 Å². The molecule has 3 aromatic rings. The van der Waals surface area contributed by atoms with Crippen LogP contribution in [-0.2, 0) is 21.4 Å². The number of thioether (sulfide) groups is 1. The van der Waals surface area contributed by atoms with Crippen LogP contribution < -0.4 is 0 Å². The summed E-state index contributed by atoms with van der Waals surface area (Å²) in [4.78, 5) is 21.4. The van der Waals surface area contributed by atoms with Crippen molar-refractivity contribution in [1.29, 1.82) is 0 Å². The first-order valence-electron chi connectivity index (χ1n) is 10.2. The van der Waals surface area contributed by atoms with Crippen molar-refractivity contribution in [3.8, 4) is 0 Å². The molecule has 166 valence electrons. The molecule has 0 radical (unpaired) electrons. The van der Waals surface area contributed by atoms with Crippen molar-refractivity contribution in [2.24, 2.45) is 0 Å². The summed E-state index contributed by atoms with van der Waals surface area (Å²) in [6, 6.07) is 9.70. The van der Waals surface area contributed by atoms with Gasteiger partial charge in [0.2, 0.25) is 15.9 Å². The Kier molecular flexibility index (Phi) is 6.43. The number of amides is 1. The Hall–Kier alpha value is -1.88. The highest BCUT2D eigenvalue weighted by Crippen LogP contribution is 2.28. The molecule has 0 aliphatic carbocycles. The molecule has 10 heteroatoms. The SMILES string of the molecule is CCn1c(SCC(=O)N2CCN(S(=O)(=O)c3cc(C)sc3C)CC2)nc2ccccc21. The highest BCUT2D eigenvalue weighted by Gasteiger charge is 2.32. The Morgan fingerprint density at radius 2 is 1.87 bits per heavy atom. The number of piperazine rings is 1. The molecule has 1 aromatic carbocycles. The number of hydrogen-bond donors (Lipinski definition) is 0. The summed E-state index contributed by atoms with van der Waals surface area (Å²) in [6.07, 6.45) is 0. The first-order chi connectivity index (χ1) is 14.8. The highest BCUT2D eigenvalue weighted by molar-refractivity contribution is 7.99. The number of rotatable bonds is 6. The summed E-state index contributed by atoms with van der Waals surface area (Å²) in [5.74, 6) is 0.304. The largest absolute Gasteiger partial charge is 0.339 e. The number of para-hydroxylation sites is 2. The molecule has 0 atom stereocenters. The molecule has 3 heterocycles. The number of sulfonamides is 1. The van der Waals surface area contributed by atoms with Gasteiger partial charge in [-0.2, -0.15) is 4.31 Å². The van der Waals surface area contributed by atoms with Gasteiger partial charge in [0.1, 0.15) is 0 Å². The van der Waals surface area contributed by atoms with Crippen molar-refractivity contribution in [2.75, 3.05) is 31.9 Å². The number of aryl methyl sites for hydroxylation is 3. The van der Waals surface area contributed by atoms with Gasteiger partial charge in [-0.3, -0.25) is 4.79 Å². The lowest BCUT2D eigenvalue weighted by atomic mass is 10.3. The van der Waals surface area contributed by atoms with Crippen LogP contribution in [0.1, 0.15) is 16.7 Å². The minimum atomic E-state index is -3.51. The van der Waals surface area contributed by atoms with Gasteiger partial charge in [-0.05, 0) is 39.0 Å². The highest BCUT2D eigenvalue weighted by atomic mass is 32.2. The summed E-state index contributed by atoms with van der Waals surface area (Å²) in [7, 11) is -3.51. The fourth-order valence-corrected chi connectivity index (χ4v) is 7.79. The minimum absolute atomic E-state index is 0.0133. The minimum Gasteiger partial charge on any atom is -0.339 e. The van der Waals surface area contributed by atoms with Gasteiger partial charge in [0.05, 0.1) is 21.7 Å². The van der Waals surface area contributed by atoms with Gasteiger partial charge in [0.25, 0.3) is 0 Å². The summed E-state index contributed by atoms with van der Waals surface area (Å²) in [5, 5.41) is 0.835. The molecule has 0 saturated carbocycles. The monoisotopic (exact) mass is 478 g/mol. The molecule has 1 aliphatic rings. The Morgan fingerprint density at radius 3 is 2.52 bits per heavy atom. The Morgan fingerprint density at radius 1 is 1.16 bits per heavy atom. The van der Waals surface area contributed by atoms with Crippen LogP contribution in [0.2, 0.25) is 0 Å². The molecule has 0 bridgehead atoms. The molecule has 1 amide bonds. The molecule has 0 N–H and O–H groups in total. The van der Waals surface area contributed by atoms with E-state index < -0.39 is 10.0 Å². The van der Waals surface area contributed by atoms with Gasteiger partial charge < -0.3 is 9.47 Å². The average Bonchev–Trinajstić information content (AvgIpc) is 3.30. The molecule has 1 aliphatic heterocycles. The van der Waals surface area contributed by atoms with E-state index in [-0.39, 0.29) is 5.91 Å². The molecule has 2 aromatic heterocycles. The van der Waals surface area contributed by atoms with E-state index in [1.165, 1.54) is 27.4 Å². The predicted molar refractivity (Wildman–Crippen MR) is 125 cm³/mol. The second-order valence-electron chi connectivity index (χ2n) is 7.48. The van der Waals surface area contributed by atoms with Crippen LogP contribution in [0.5, 0.6) is 0 Å². The number of fused-ring (bicyclic) bond motifs is 1. The van der Waals surface area contributed by atoms with Gasteiger partial charge in [-0.25, -0.2) is 13.4 Å². The molecule has 4 rings (SSSR count). The lowest BCUT2D eigenvalue weighted by Crippen LogP contribution is -2.51. The van der Waals surface area contributed by atoms with Gasteiger partial charge in [-0.1, -0.05) is 23.9 Å². The van der Waals surface area contributed by atoms with Crippen LogP contribution in [0.4, 0.5) is 0 Å². The van der Waals surface area contributed by atoms with E-state index in [4.69, 9.17) is 0 Å². The maximum absolute atomic E-state index is 13.0. The maximum Gasteiger partial charge on any atom is 0.244 e. The number of nitrogens with zero attached hydrogens (tertiary/aromatic N) is 4. The van der Waals surface area contributed by atoms with Crippen molar-refractivity contribution < 1.29 is 13.2 Å². The van der Waals surface area contributed by atoms with Crippen LogP contribution in [0.3, 0.4) is 0 Å². The predicted octanol–water partition coefficient (Wildman–Crippen LogP) is 3.36. The lowest BCUT2D eigenvalue weighted by Gasteiger charge is -2.34. The van der Waals surface area contributed by atoms with Crippen LogP contribution >= 0.6 is 23.1 Å². The molecule has 0 unspecified atom stereocenters. The smallest absolute Gasteiger partial charge is 0.244 e. The lowest BCUT2D eigenvalue weighted by molar-refractivity contribution is -0.129. The van der Waals surface area contributed by atoms with Crippen LogP contribution in [-0.4, -0.2) is 65.0 Å². The number of imidazole rings is 1. The molecule has 7 nitrogen and oxygen atoms in total. The molecule has 0 spiro atoms. The topological polar surface area (TPSA) is 75.5 Å². The van der Waals surface area contributed by atoms with Crippen molar-refractivity contribution in [3.63, 3.8) is 0 Å². The van der Waals surface area contributed by atoms with E-state index in [1.54, 1.807) is 11.0 Å². The first-order valence-corrected chi connectivity index (χ1v) is 13.5. The van der Waals surface area contributed by atoms with E-state index in [0.29, 0.717) is 36.8 Å². The third-order valence-electron chi connectivity index (χ3n) is 5.47. The van der Waals surface area contributed by atoms with E-state index in [2.05, 4.69) is 16.5 Å². The third kappa shape index (κ3) is 4.39. The molecule has 1 saturated heterocycles. The van der Waals surface area contributed by atoms with E-state index in [0.717, 1.165) is 32.5 Å². The van der Waals surface area contributed by atoms with Crippen molar-refractivity contribution in [2.45, 2.75) is 37.4 Å². The fourth-order valence-electron chi connectivity index (χ4n) is 3.87. The number of hydrogen-bond acceptors (Lipinski definition) is 6. The van der Waals surface area contributed by atoms with Crippen LogP contribution in [0, 0.1) is 13.8 Å². The van der Waals surface area contributed by atoms with Gasteiger partial charge in [-0.15, -0.1) is 11.3 Å². The fraction of sp³-hybridized carbons (Fsp3) is 0.429. The number of aromatic nitrogens is 2. The summed E-state index contributed by atoms with van der Waals surface area (Å²) < 4.78 is 29.6. The second-order valence-corrected chi connectivity index (χ2v) is 11.8. The van der Waals surface area contributed by atoms with Crippen molar-refractivity contribution in [3.05, 3.63) is 40.1 Å². The zero-order valence-electron chi connectivity index (χ0n) is 17.9. The quantitative estimate of drug-likeness (QED) is 0.508. The number of benzene rings is 1. The van der Waals surface area contributed by atoms with Crippen molar-refractivity contribution >= 4 is 50.1 Å². The van der Waals surface area contributed by atoms with Gasteiger partial charge in [0, 0.05) is 42.5 Å². The number of carbonyl (C=O) groups is 1. The normalized spacial score (nSPS) is 15.6. The summed E-state index contributed by atoms with van der Waals surface area (Å²) in [6.45, 7) is 8.06. The molecule has 31 heavy (non-hydrogen) atoms. The Labute approximate surface area is 191 Å².